The lowest BCUT2D eigenvalue weighted by atomic mass is 10.1. The summed E-state index contributed by atoms with van der Waals surface area (Å²) in [6.45, 7) is 0. The summed E-state index contributed by atoms with van der Waals surface area (Å²) in [7, 11) is 1.19. The summed E-state index contributed by atoms with van der Waals surface area (Å²) in [6, 6.07) is 11.0. The minimum Gasteiger partial charge on any atom is -0.480 e. The second kappa shape index (κ2) is 10.7. The fraction of sp³-hybridized carbons (Fsp3) is 0.143. The van der Waals surface area contributed by atoms with Gasteiger partial charge in [-0.1, -0.05) is 12.1 Å². The second-order valence-corrected chi connectivity index (χ2v) is 8.59. The maximum Gasteiger partial charge on any atom is 0.331 e. The highest BCUT2D eigenvalue weighted by Crippen LogP contribution is 2.21. The molecule has 0 bridgehead atoms. The van der Waals surface area contributed by atoms with E-state index >= 15 is 0 Å². The van der Waals surface area contributed by atoms with Gasteiger partial charge in [-0.3, -0.25) is 24.4 Å². The number of carbonyl (C=O) groups excluding carboxylic acids is 1. The molecule has 2 unspecified atom stereocenters. The highest BCUT2D eigenvalue weighted by atomic mass is 32.1. The molecule has 0 aliphatic heterocycles. The molecule has 186 valence electrons. The predicted octanol–water partition coefficient (Wildman–Crippen LogP) is 3.35. The minimum absolute atomic E-state index is 0.351. The number of esters is 1. The Morgan fingerprint density at radius 3 is 2.08 bits per heavy atom. The molecule has 36 heavy (non-hydrogen) atoms. The minimum atomic E-state index is -1.40. The Labute approximate surface area is 218 Å². The topological polar surface area (TPSA) is 158 Å². The highest BCUT2D eigenvalue weighted by Gasteiger charge is 2.35. The van der Waals surface area contributed by atoms with E-state index in [1.165, 1.54) is 13.4 Å². The number of nitrogens with one attached hydrogen (secondary N) is 5. The smallest absolute Gasteiger partial charge is 0.331 e. The number of aromatic amines is 3. The van der Waals surface area contributed by atoms with E-state index in [1.807, 2.05) is 0 Å². The summed E-state index contributed by atoms with van der Waals surface area (Å²) in [5.41, 5.74) is 2.16. The lowest BCUT2D eigenvalue weighted by Gasteiger charge is -2.26. The van der Waals surface area contributed by atoms with E-state index in [0.717, 1.165) is 0 Å². The van der Waals surface area contributed by atoms with Gasteiger partial charge < -0.3 is 20.5 Å². The van der Waals surface area contributed by atoms with Crippen LogP contribution in [0.4, 0.5) is 11.4 Å². The van der Waals surface area contributed by atoms with Gasteiger partial charge in [0.1, 0.15) is 6.33 Å². The Bertz CT molecular complexity index is 1560. The maximum absolute atomic E-state index is 12.7. The number of carbonyl (C=O) groups is 2. The molecule has 0 aliphatic rings. The van der Waals surface area contributed by atoms with Gasteiger partial charge in [0.05, 0.1) is 18.5 Å². The summed E-state index contributed by atoms with van der Waals surface area (Å²) in [6.07, 6.45) is 1.50. The monoisotopic (exact) mass is 544 g/mol. The van der Waals surface area contributed by atoms with Crippen LogP contribution in [0.2, 0.25) is 0 Å². The molecule has 2 atom stereocenters. The zero-order chi connectivity index (χ0) is 25.8. The van der Waals surface area contributed by atoms with Crippen LogP contribution < -0.4 is 10.6 Å². The van der Waals surface area contributed by atoms with E-state index in [-0.39, 0.29) is 0 Å². The van der Waals surface area contributed by atoms with Gasteiger partial charge in [-0.25, -0.2) is 9.59 Å². The van der Waals surface area contributed by atoms with Crippen molar-refractivity contribution in [2.75, 3.05) is 17.7 Å². The SMILES string of the molecule is COC(=O)C(Nc1cccc(-n2c(=S)[nH][nH]c2=S)c1)C(Nc1cccc(-n2cn[nH]c2=S)c1)C(=O)O. The molecule has 0 saturated heterocycles. The Hall–Kier alpha value is -4.08. The first-order valence-electron chi connectivity index (χ1n) is 10.3. The molecule has 4 aromatic rings. The lowest BCUT2D eigenvalue weighted by Crippen LogP contribution is -2.50. The molecule has 0 radical (unpaired) electrons. The van der Waals surface area contributed by atoms with Crippen LogP contribution in [0.25, 0.3) is 11.4 Å². The Morgan fingerprint density at radius 1 is 0.944 bits per heavy atom. The van der Waals surface area contributed by atoms with Gasteiger partial charge in [-0.15, -0.1) is 0 Å². The normalized spacial score (nSPS) is 12.5. The van der Waals surface area contributed by atoms with Gasteiger partial charge in [0.2, 0.25) is 0 Å². The van der Waals surface area contributed by atoms with Crippen molar-refractivity contribution >= 4 is 60.0 Å². The highest BCUT2D eigenvalue weighted by molar-refractivity contribution is 7.72. The molecule has 2 aromatic carbocycles. The van der Waals surface area contributed by atoms with Crippen LogP contribution in [0.1, 0.15) is 0 Å². The molecule has 0 spiro atoms. The van der Waals surface area contributed by atoms with Crippen molar-refractivity contribution in [3.8, 4) is 11.4 Å². The van der Waals surface area contributed by atoms with E-state index in [9.17, 15) is 14.7 Å². The average Bonchev–Trinajstić information content (AvgIpc) is 3.45. The van der Waals surface area contributed by atoms with E-state index in [1.54, 1.807) is 57.7 Å². The third-order valence-corrected chi connectivity index (χ3v) is 6.02. The molecule has 6 N–H and O–H groups in total. The molecular weight excluding hydrogens is 524 g/mol. The van der Waals surface area contributed by atoms with Crippen molar-refractivity contribution < 1.29 is 19.4 Å². The van der Waals surface area contributed by atoms with Crippen LogP contribution in [-0.4, -0.2) is 65.8 Å². The number of anilines is 2. The van der Waals surface area contributed by atoms with Crippen LogP contribution in [0, 0.1) is 14.3 Å². The van der Waals surface area contributed by atoms with Gasteiger partial charge in [0.25, 0.3) is 0 Å². The fourth-order valence-corrected chi connectivity index (χ4v) is 4.27. The van der Waals surface area contributed by atoms with Gasteiger partial charge in [0.15, 0.2) is 26.4 Å². The summed E-state index contributed by atoms with van der Waals surface area (Å²) in [4.78, 5) is 25.0. The predicted molar refractivity (Wildman–Crippen MR) is 139 cm³/mol. The first kappa shape index (κ1) is 25.0. The maximum atomic E-state index is 12.7. The Morgan fingerprint density at radius 2 is 1.53 bits per heavy atom. The number of aliphatic carboxylic acids is 1. The number of ether oxygens (including phenoxy) is 1. The molecule has 0 amide bonds. The van der Waals surface area contributed by atoms with Crippen LogP contribution in [-0.2, 0) is 14.3 Å². The van der Waals surface area contributed by atoms with E-state index in [0.29, 0.717) is 37.1 Å². The summed E-state index contributed by atoms with van der Waals surface area (Å²) < 4.78 is 9.19. The van der Waals surface area contributed by atoms with Gasteiger partial charge in [0, 0.05) is 11.4 Å². The van der Waals surface area contributed by atoms with Crippen molar-refractivity contribution in [1.82, 2.24) is 29.5 Å². The average molecular weight is 545 g/mol. The number of H-pyrrole nitrogens is 3. The number of methoxy groups -OCH3 is 1. The fourth-order valence-electron chi connectivity index (χ4n) is 3.51. The molecule has 0 fully saturated rings. The standard InChI is InChI=1S/C21H20N8O4S3/c1-33-18(32)16(24-12-5-3-7-14(9-12)29-20(35)26-27-21(29)36)15(17(30)31)23-11-4-2-6-13(8-11)28-10-22-25-19(28)34/h2-10,15-16,23-24H,1H3,(H,25,34)(H,26,35)(H,27,36)(H,30,31). The molecule has 15 heteroatoms. The van der Waals surface area contributed by atoms with Crippen molar-refractivity contribution in [2.45, 2.75) is 12.1 Å². The van der Waals surface area contributed by atoms with E-state index < -0.39 is 24.0 Å². The first-order chi connectivity index (χ1) is 17.3. The first-order valence-corrected chi connectivity index (χ1v) is 11.6. The van der Waals surface area contributed by atoms with Crippen molar-refractivity contribution in [2.24, 2.45) is 0 Å². The number of carboxylic acids is 1. The second-order valence-electron chi connectivity index (χ2n) is 7.43. The molecule has 0 aliphatic carbocycles. The molecule has 4 rings (SSSR count). The van der Waals surface area contributed by atoms with Gasteiger partial charge in [-0.05, 0) is 73.1 Å². The van der Waals surface area contributed by atoms with Crippen molar-refractivity contribution in [3.05, 3.63) is 69.2 Å². The summed E-state index contributed by atoms with van der Waals surface area (Å²) in [5.74, 6) is -2.04. The number of nitrogens with zero attached hydrogens (tertiary/aromatic N) is 3. The van der Waals surface area contributed by atoms with E-state index in [2.05, 4.69) is 31.0 Å². The van der Waals surface area contributed by atoms with Crippen LogP contribution in [0.5, 0.6) is 0 Å². The molecule has 0 saturated carbocycles. The number of hydrogen-bond donors (Lipinski definition) is 6. The Kier molecular flexibility index (Phi) is 7.42. The number of rotatable bonds is 9. The van der Waals surface area contributed by atoms with Crippen molar-refractivity contribution in [3.63, 3.8) is 0 Å². The number of aromatic nitrogens is 6. The van der Waals surface area contributed by atoms with E-state index in [4.69, 9.17) is 41.4 Å². The third kappa shape index (κ3) is 5.27. The zero-order valence-electron chi connectivity index (χ0n) is 18.6. The molecular formula is C21H20N8O4S3. The van der Waals surface area contributed by atoms with Crippen LogP contribution in [0.15, 0.2) is 54.9 Å². The molecule has 2 aromatic heterocycles. The quantitative estimate of drug-likeness (QED) is 0.136. The largest absolute Gasteiger partial charge is 0.480 e. The summed E-state index contributed by atoms with van der Waals surface area (Å²) >= 11 is 15.7. The zero-order valence-corrected chi connectivity index (χ0v) is 21.0. The van der Waals surface area contributed by atoms with Crippen LogP contribution in [0.3, 0.4) is 0 Å². The number of hydrogen-bond acceptors (Lipinski definition) is 9. The summed E-state index contributed by atoms with van der Waals surface area (Å²) in [5, 5.41) is 27.9. The van der Waals surface area contributed by atoms with Gasteiger partial charge >= 0.3 is 11.9 Å². The number of carboxylic acid groups (broad SMARTS) is 1. The number of benzene rings is 2. The third-order valence-electron chi connectivity index (χ3n) is 5.16. The lowest BCUT2D eigenvalue weighted by molar-refractivity contribution is -0.147. The van der Waals surface area contributed by atoms with Crippen molar-refractivity contribution in [1.29, 1.82) is 0 Å². The van der Waals surface area contributed by atoms with Gasteiger partial charge in [-0.2, -0.15) is 5.10 Å². The molecule has 12 nitrogen and oxygen atoms in total. The van der Waals surface area contributed by atoms with Crippen LogP contribution >= 0.6 is 36.7 Å². The molecule has 2 heterocycles. The Balaban J connectivity index is 1.65.